The second-order valence-electron chi connectivity index (χ2n) is 9.04. The molecular formula is C29H33FN2O2. The van der Waals surface area contributed by atoms with Crippen molar-refractivity contribution >= 4 is 11.8 Å². The minimum Gasteiger partial charge on any atom is -0.354 e. The van der Waals surface area contributed by atoms with Crippen LogP contribution in [0.4, 0.5) is 4.39 Å². The minimum absolute atomic E-state index is 0.130. The van der Waals surface area contributed by atoms with Gasteiger partial charge in [0.1, 0.15) is 11.9 Å². The van der Waals surface area contributed by atoms with Gasteiger partial charge in [-0.3, -0.25) is 9.59 Å². The highest BCUT2D eigenvalue weighted by molar-refractivity contribution is 5.87. The highest BCUT2D eigenvalue weighted by Gasteiger charge is 2.29. The standard InChI is InChI=1S/C29H33FN2O2/c1-21(2)19-31-29(34)22(3)32(20-23-14-16-26(30)17-15-23)28(33)18-27(24-10-6-4-7-11-24)25-12-8-5-9-13-25/h4-17,21-22,27H,18-20H2,1-3H3,(H,31,34). The fourth-order valence-corrected chi connectivity index (χ4v) is 3.91. The summed E-state index contributed by atoms with van der Waals surface area (Å²) in [7, 11) is 0. The molecule has 0 heterocycles. The summed E-state index contributed by atoms with van der Waals surface area (Å²) >= 11 is 0. The first-order valence-corrected chi connectivity index (χ1v) is 11.8. The lowest BCUT2D eigenvalue weighted by Gasteiger charge is -2.31. The van der Waals surface area contributed by atoms with Crippen LogP contribution in [0, 0.1) is 11.7 Å². The van der Waals surface area contributed by atoms with Gasteiger partial charge in [0.05, 0.1) is 0 Å². The Hall–Kier alpha value is -3.47. The van der Waals surface area contributed by atoms with Crippen molar-refractivity contribution in [2.75, 3.05) is 6.54 Å². The van der Waals surface area contributed by atoms with Crippen LogP contribution in [0.15, 0.2) is 84.9 Å². The molecule has 0 fully saturated rings. The van der Waals surface area contributed by atoms with Gasteiger partial charge in [-0.25, -0.2) is 4.39 Å². The van der Waals surface area contributed by atoms with Crippen LogP contribution in [-0.2, 0) is 16.1 Å². The summed E-state index contributed by atoms with van der Waals surface area (Å²) in [6.07, 6.45) is 0.219. The van der Waals surface area contributed by atoms with Gasteiger partial charge in [-0.15, -0.1) is 0 Å². The second kappa shape index (κ2) is 12.1. The zero-order valence-corrected chi connectivity index (χ0v) is 20.1. The summed E-state index contributed by atoms with van der Waals surface area (Å²) in [6, 6.07) is 25.2. The summed E-state index contributed by atoms with van der Waals surface area (Å²) < 4.78 is 13.4. The van der Waals surface area contributed by atoms with Crippen LogP contribution < -0.4 is 5.32 Å². The van der Waals surface area contributed by atoms with Gasteiger partial charge >= 0.3 is 0 Å². The maximum Gasteiger partial charge on any atom is 0.242 e. The predicted octanol–water partition coefficient (Wildman–Crippen LogP) is 5.54. The number of rotatable bonds is 10. The van der Waals surface area contributed by atoms with E-state index in [0.717, 1.165) is 16.7 Å². The highest BCUT2D eigenvalue weighted by Crippen LogP contribution is 2.29. The van der Waals surface area contributed by atoms with Crippen LogP contribution >= 0.6 is 0 Å². The Morgan fingerprint density at radius 3 is 1.85 bits per heavy atom. The molecule has 0 aliphatic rings. The molecule has 0 radical (unpaired) electrons. The van der Waals surface area contributed by atoms with E-state index < -0.39 is 6.04 Å². The molecule has 0 aromatic heterocycles. The smallest absolute Gasteiger partial charge is 0.242 e. The SMILES string of the molecule is CC(C)CNC(=O)C(C)N(Cc1ccc(F)cc1)C(=O)CC(c1ccccc1)c1ccccc1. The van der Waals surface area contributed by atoms with Crippen LogP contribution in [0.3, 0.4) is 0 Å². The van der Waals surface area contributed by atoms with E-state index in [1.54, 1.807) is 24.0 Å². The largest absolute Gasteiger partial charge is 0.354 e. The molecule has 1 atom stereocenters. The molecule has 0 aliphatic heterocycles. The van der Waals surface area contributed by atoms with Gasteiger partial charge in [0.15, 0.2) is 0 Å². The molecule has 3 rings (SSSR count). The van der Waals surface area contributed by atoms with Gasteiger partial charge in [0.25, 0.3) is 0 Å². The van der Waals surface area contributed by atoms with E-state index in [4.69, 9.17) is 0 Å². The van der Waals surface area contributed by atoms with Crippen LogP contribution in [0.25, 0.3) is 0 Å². The summed E-state index contributed by atoms with van der Waals surface area (Å²) in [5, 5.41) is 2.94. The lowest BCUT2D eigenvalue weighted by molar-refractivity contribution is -0.140. The van der Waals surface area contributed by atoms with E-state index >= 15 is 0 Å². The van der Waals surface area contributed by atoms with Crippen molar-refractivity contribution in [1.29, 1.82) is 0 Å². The lowest BCUT2D eigenvalue weighted by Crippen LogP contribution is -2.48. The number of hydrogen-bond acceptors (Lipinski definition) is 2. The monoisotopic (exact) mass is 460 g/mol. The third-order valence-electron chi connectivity index (χ3n) is 5.90. The van der Waals surface area contributed by atoms with Gasteiger partial charge in [0, 0.05) is 25.4 Å². The van der Waals surface area contributed by atoms with E-state index in [1.165, 1.54) is 12.1 Å². The van der Waals surface area contributed by atoms with Gasteiger partial charge in [0.2, 0.25) is 11.8 Å². The second-order valence-corrected chi connectivity index (χ2v) is 9.04. The molecule has 0 saturated heterocycles. The highest BCUT2D eigenvalue weighted by atomic mass is 19.1. The third kappa shape index (κ3) is 7.01. The molecular weight excluding hydrogens is 427 g/mol. The van der Waals surface area contributed by atoms with Crippen molar-refractivity contribution in [1.82, 2.24) is 10.2 Å². The molecule has 3 aromatic rings. The Labute approximate surface area is 201 Å². The van der Waals surface area contributed by atoms with E-state index in [-0.39, 0.29) is 36.5 Å². The molecule has 0 aliphatic carbocycles. The summed E-state index contributed by atoms with van der Waals surface area (Å²) in [5.74, 6) is -0.499. The molecule has 1 N–H and O–H groups in total. The van der Waals surface area contributed by atoms with Crippen molar-refractivity contribution in [2.24, 2.45) is 5.92 Å². The van der Waals surface area contributed by atoms with Crippen molar-refractivity contribution in [2.45, 2.75) is 45.7 Å². The maximum atomic E-state index is 13.7. The van der Waals surface area contributed by atoms with E-state index in [0.29, 0.717) is 12.5 Å². The first-order chi connectivity index (χ1) is 16.3. The molecule has 1 unspecified atom stereocenters. The van der Waals surface area contributed by atoms with E-state index in [2.05, 4.69) is 5.32 Å². The fraction of sp³-hybridized carbons (Fsp3) is 0.310. The van der Waals surface area contributed by atoms with E-state index in [9.17, 15) is 14.0 Å². The van der Waals surface area contributed by atoms with Crippen molar-refractivity contribution in [3.63, 3.8) is 0 Å². The molecule has 34 heavy (non-hydrogen) atoms. The average Bonchev–Trinajstić information content (AvgIpc) is 2.86. The molecule has 0 spiro atoms. The number of halogens is 1. The topological polar surface area (TPSA) is 49.4 Å². The number of carbonyl (C=O) groups is 2. The Morgan fingerprint density at radius 1 is 0.824 bits per heavy atom. The average molecular weight is 461 g/mol. The Bertz CT molecular complexity index is 1010. The van der Waals surface area contributed by atoms with Crippen molar-refractivity contribution < 1.29 is 14.0 Å². The summed E-state index contributed by atoms with van der Waals surface area (Å²) in [6.45, 7) is 6.56. The van der Waals surface area contributed by atoms with Crippen LogP contribution in [0.2, 0.25) is 0 Å². The molecule has 3 aromatic carbocycles. The molecule has 5 heteroatoms. The molecule has 0 bridgehead atoms. The number of benzene rings is 3. The zero-order chi connectivity index (χ0) is 24.5. The van der Waals surface area contributed by atoms with Crippen LogP contribution in [0.5, 0.6) is 0 Å². The minimum atomic E-state index is -0.663. The quantitative estimate of drug-likeness (QED) is 0.432. The Morgan fingerprint density at radius 2 is 1.35 bits per heavy atom. The molecule has 0 saturated carbocycles. The van der Waals surface area contributed by atoms with Gasteiger partial charge < -0.3 is 10.2 Å². The summed E-state index contributed by atoms with van der Waals surface area (Å²) in [5.41, 5.74) is 2.86. The van der Waals surface area contributed by atoms with Crippen molar-refractivity contribution in [3.05, 3.63) is 107 Å². The van der Waals surface area contributed by atoms with Gasteiger partial charge in [-0.05, 0) is 41.7 Å². The first kappa shape index (κ1) is 25.2. The normalized spacial score (nSPS) is 11.9. The number of nitrogens with zero attached hydrogens (tertiary/aromatic N) is 1. The molecule has 178 valence electrons. The van der Waals surface area contributed by atoms with Gasteiger partial charge in [-0.1, -0.05) is 86.6 Å². The molecule has 2 amide bonds. The number of carbonyl (C=O) groups excluding carboxylic acids is 2. The summed E-state index contributed by atoms with van der Waals surface area (Å²) in [4.78, 5) is 28.2. The predicted molar refractivity (Wildman–Crippen MR) is 134 cm³/mol. The Balaban J connectivity index is 1.88. The molecule has 4 nitrogen and oxygen atoms in total. The number of amides is 2. The number of nitrogens with one attached hydrogen (secondary N) is 1. The third-order valence-corrected chi connectivity index (χ3v) is 5.90. The maximum absolute atomic E-state index is 13.7. The van der Waals surface area contributed by atoms with E-state index in [1.807, 2.05) is 74.5 Å². The Kier molecular flexibility index (Phi) is 8.97. The van der Waals surface area contributed by atoms with Crippen LogP contribution in [0.1, 0.15) is 49.8 Å². The van der Waals surface area contributed by atoms with Crippen LogP contribution in [-0.4, -0.2) is 29.3 Å². The fourth-order valence-electron chi connectivity index (χ4n) is 3.91. The lowest BCUT2D eigenvalue weighted by atomic mass is 9.88. The zero-order valence-electron chi connectivity index (χ0n) is 20.1. The van der Waals surface area contributed by atoms with Gasteiger partial charge in [-0.2, -0.15) is 0 Å². The first-order valence-electron chi connectivity index (χ1n) is 11.8. The number of hydrogen-bond donors (Lipinski definition) is 1. The van der Waals surface area contributed by atoms with Crippen molar-refractivity contribution in [3.8, 4) is 0 Å².